The highest BCUT2D eigenvalue weighted by atomic mass is 32.2. The van der Waals surface area contributed by atoms with E-state index in [1.54, 1.807) is 6.07 Å². The molecule has 2 heterocycles. The van der Waals surface area contributed by atoms with Crippen molar-refractivity contribution in [1.29, 1.82) is 0 Å². The van der Waals surface area contributed by atoms with E-state index in [-0.39, 0.29) is 10.7 Å². The van der Waals surface area contributed by atoms with Gasteiger partial charge in [0.05, 0.1) is 0 Å². The van der Waals surface area contributed by atoms with Crippen LogP contribution in [0.5, 0.6) is 0 Å². The van der Waals surface area contributed by atoms with Crippen molar-refractivity contribution in [2.24, 2.45) is 0 Å². The van der Waals surface area contributed by atoms with Crippen molar-refractivity contribution in [3.8, 4) is 0 Å². The average Bonchev–Trinajstić information content (AvgIpc) is 3.23. The molecular weight excluding hydrogens is 264 g/mol. The van der Waals surface area contributed by atoms with Crippen LogP contribution in [0.15, 0.2) is 23.2 Å². The topological polar surface area (TPSA) is 79.5 Å². The third-order valence-corrected chi connectivity index (χ3v) is 5.70. The number of hydrogen-bond donors (Lipinski definition) is 1. The van der Waals surface area contributed by atoms with E-state index >= 15 is 0 Å². The van der Waals surface area contributed by atoms with Crippen LogP contribution < -0.4 is 5.73 Å². The minimum atomic E-state index is -3.50. The van der Waals surface area contributed by atoms with E-state index < -0.39 is 10.0 Å². The first-order valence-electron chi connectivity index (χ1n) is 6.54. The van der Waals surface area contributed by atoms with Crippen LogP contribution in [0, 0.1) is 0 Å². The van der Waals surface area contributed by atoms with Crippen LogP contribution >= 0.6 is 0 Å². The zero-order valence-corrected chi connectivity index (χ0v) is 11.5. The van der Waals surface area contributed by atoms with Crippen molar-refractivity contribution in [2.45, 2.75) is 23.8 Å². The summed E-state index contributed by atoms with van der Waals surface area (Å²) in [6.07, 6.45) is 4.00. The van der Waals surface area contributed by atoms with Crippen LogP contribution in [0.4, 0.5) is 5.82 Å². The number of piperazine rings is 1. The first-order valence-corrected chi connectivity index (χ1v) is 7.98. The van der Waals surface area contributed by atoms with E-state index in [0.29, 0.717) is 19.1 Å². The number of rotatable bonds is 3. The fourth-order valence-corrected chi connectivity index (χ4v) is 4.00. The highest BCUT2D eigenvalue weighted by Gasteiger charge is 2.35. The van der Waals surface area contributed by atoms with Crippen LogP contribution in [0.1, 0.15) is 12.8 Å². The van der Waals surface area contributed by atoms with Crippen LogP contribution in [0.3, 0.4) is 0 Å². The number of nitrogens with two attached hydrogens (primary N) is 1. The van der Waals surface area contributed by atoms with E-state index in [9.17, 15) is 8.42 Å². The van der Waals surface area contributed by atoms with Crippen molar-refractivity contribution in [3.63, 3.8) is 0 Å². The van der Waals surface area contributed by atoms with Crippen molar-refractivity contribution in [2.75, 3.05) is 31.9 Å². The number of hydrogen-bond acceptors (Lipinski definition) is 5. The molecule has 6 nitrogen and oxygen atoms in total. The molecule has 0 bridgehead atoms. The molecule has 0 atom stereocenters. The fraction of sp³-hybridized carbons (Fsp3) is 0.583. The lowest BCUT2D eigenvalue weighted by Gasteiger charge is -2.34. The molecule has 1 aliphatic carbocycles. The Morgan fingerprint density at radius 1 is 1.21 bits per heavy atom. The maximum atomic E-state index is 12.5. The van der Waals surface area contributed by atoms with Gasteiger partial charge in [0.1, 0.15) is 10.7 Å². The summed E-state index contributed by atoms with van der Waals surface area (Å²) in [4.78, 5) is 6.35. The Kier molecular flexibility index (Phi) is 3.20. The lowest BCUT2D eigenvalue weighted by molar-refractivity contribution is 0.180. The lowest BCUT2D eigenvalue weighted by Crippen LogP contribution is -2.49. The third kappa shape index (κ3) is 2.45. The normalized spacial score (nSPS) is 22.5. The Morgan fingerprint density at radius 3 is 2.47 bits per heavy atom. The summed E-state index contributed by atoms with van der Waals surface area (Å²) < 4.78 is 26.5. The van der Waals surface area contributed by atoms with Crippen molar-refractivity contribution >= 4 is 15.8 Å². The summed E-state index contributed by atoms with van der Waals surface area (Å²) in [5.74, 6) is 0.0760. The standard InChI is InChI=1S/C12H18N4O2S/c13-12-11(2-1-5-14-12)19(17,18)16-8-6-15(7-9-16)10-3-4-10/h1-2,5,10H,3-4,6-9H2,(H2,13,14). The molecular formula is C12H18N4O2S. The van der Waals surface area contributed by atoms with Gasteiger partial charge in [0.25, 0.3) is 0 Å². The van der Waals surface area contributed by atoms with Crippen LogP contribution in [-0.2, 0) is 10.0 Å². The predicted molar refractivity (Wildman–Crippen MR) is 72.0 cm³/mol. The fourth-order valence-electron chi connectivity index (χ4n) is 2.51. The molecule has 1 saturated heterocycles. The van der Waals surface area contributed by atoms with Gasteiger partial charge in [0.2, 0.25) is 10.0 Å². The molecule has 1 aliphatic heterocycles. The molecule has 3 rings (SSSR count). The third-order valence-electron chi connectivity index (χ3n) is 3.75. The zero-order valence-electron chi connectivity index (χ0n) is 10.7. The summed E-state index contributed by atoms with van der Waals surface area (Å²) in [7, 11) is -3.50. The van der Waals surface area contributed by atoms with E-state index in [4.69, 9.17) is 5.73 Å². The molecule has 104 valence electrons. The molecule has 0 unspecified atom stereocenters. The van der Waals surface area contributed by atoms with Gasteiger partial charge in [-0.2, -0.15) is 4.31 Å². The van der Waals surface area contributed by atoms with Gasteiger partial charge in [0.15, 0.2) is 0 Å². The van der Waals surface area contributed by atoms with Crippen LogP contribution in [0.25, 0.3) is 0 Å². The van der Waals surface area contributed by atoms with Gasteiger partial charge in [-0.25, -0.2) is 13.4 Å². The van der Waals surface area contributed by atoms with E-state index in [0.717, 1.165) is 13.1 Å². The van der Waals surface area contributed by atoms with Crippen LogP contribution in [-0.4, -0.2) is 54.8 Å². The minimum Gasteiger partial charge on any atom is -0.383 e. The Bertz CT molecular complexity index is 563. The molecule has 2 N–H and O–H groups in total. The summed E-state index contributed by atoms with van der Waals surface area (Å²) in [5.41, 5.74) is 5.67. The van der Waals surface area contributed by atoms with Crippen LogP contribution in [0.2, 0.25) is 0 Å². The van der Waals surface area contributed by atoms with Gasteiger partial charge in [-0.1, -0.05) is 0 Å². The maximum absolute atomic E-state index is 12.5. The number of pyridine rings is 1. The van der Waals surface area contributed by atoms with E-state index in [1.165, 1.54) is 29.4 Å². The van der Waals surface area contributed by atoms with Crippen molar-refractivity contribution < 1.29 is 8.42 Å². The van der Waals surface area contributed by atoms with Gasteiger partial charge in [-0.05, 0) is 25.0 Å². The molecule has 0 radical (unpaired) electrons. The largest absolute Gasteiger partial charge is 0.383 e. The Hall–Kier alpha value is -1.18. The molecule has 2 fully saturated rings. The predicted octanol–water partition coefficient (Wildman–Crippen LogP) is 0.132. The quantitative estimate of drug-likeness (QED) is 0.852. The Balaban J connectivity index is 1.76. The van der Waals surface area contributed by atoms with Gasteiger partial charge in [0, 0.05) is 38.4 Å². The second-order valence-electron chi connectivity index (χ2n) is 5.06. The number of anilines is 1. The summed E-state index contributed by atoms with van der Waals surface area (Å²) >= 11 is 0. The second-order valence-corrected chi connectivity index (χ2v) is 6.96. The summed E-state index contributed by atoms with van der Waals surface area (Å²) in [5, 5.41) is 0. The highest BCUT2D eigenvalue weighted by Crippen LogP contribution is 2.29. The molecule has 0 amide bonds. The highest BCUT2D eigenvalue weighted by molar-refractivity contribution is 7.89. The van der Waals surface area contributed by atoms with Gasteiger partial charge >= 0.3 is 0 Å². The van der Waals surface area contributed by atoms with E-state index in [2.05, 4.69) is 9.88 Å². The smallest absolute Gasteiger partial charge is 0.246 e. The van der Waals surface area contributed by atoms with Gasteiger partial charge in [-0.3, -0.25) is 4.90 Å². The average molecular weight is 282 g/mol. The zero-order chi connectivity index (χ0) is 13.5. The Morgan fingerprint density at radius 2 is 1.89 bits per heavy atom. The first kappa shape index (κ1) is 12.8. The molecule has 19 heavy (non-hydrogen) atoms. The second kappa shape index (κ2) is 4.73. The maximum Gasteiger partial charge on any atom is 0.246 e. The van der Waals surface area contributed by atoms with E-state index in [1.807, 2.05) is 0 Å². The molecule has 1 aromatic rings. The number of nitrogen functional groups attached to an aromatic ring is 1. The molecule has 1 saturated carbocycles. The Labute approximate surface area is 113 Å². The number of sulfonamides is 1. The molecule has 1 aromatic heterocycles. The minimum absolute atomic E-state index is 0.0760. The number of nitrogens with zero attached hydrogens (tertiary/aromatic N) is 3. The molecule has 7 heteroatoms. The van der Waals surface area contributed by atoms with Gasteiger partial charge < -0.3 is 5.73 Å². The summed E-state index contributed by atoms with van der Waals surface area (Å²) in [6, 6.07) is 3.81. The van der Waals surface area contributed by atoms with Gasteiger partial charge in [-0.15, -0.1) is 0 Å². The van der Waals surface area contributed by atoms with Crippen molar-refractivity contribution in [1.82, 2.24) is 14.2 Å². The lowest BCUT2D eigenvalue weighted by atomic mass is 10.3. The molecule has 0 aromatic carbocycles. The monoisotopic (exact) mass is 282 g/mol. The first-order chi connectivity index (χ1) is 9.09. The molecule has 0 spiro atoms. The summed E-state index contributed by atoms with van der Waals surface area (Å²) in [6.45, 7) is 2.69. The van der Waals surface area contributed by atoms with Crippen molar-refractivity contribution in [3.05, 3.63) is 18.3 Å². The number of aromatic nitrogens is 1. The SMILES string of the molecule is Nc1ncccc1S(=O)(=O)N1CCN(C2CC2)CC1. The molecule has 2 aliphatic rings.